The SMILES string of the molecule is CC12CCC(C(=O)N3CCN(Cc4ccc5c(c4)OCO5)CC3)(OC1=O)C2(C)C. The minimum Gasteiger partial charge on any atom is -0.454 e. The number of benzene rings is 1. The minimum absolute atomic E-state index is 0.0141. The maximum atomic E-state index is 13.5. The third-order valence-electron chi connectivity index (χ3n) is 7.93. The van der Waals surface area contributed by atoms with Crippen molar-refractivity contribution >= 4 is 11.9 Å². The third kappa shape index (κ3) is 2.46. The van der Waals surface area contributed by atoms with Crippen molar-refractivity contribution in [2.45, 2.75) is 45.8 Å². The fourth-order valence-corrected chi connectivity index (χ4v) is 5.38. The van der Waals surface area contributed by atoms with Crippen LogP contribution in [0, 0.1) is 10.8 Å². The molecule has 1 amide bonds. The van der Waals surface area contributed by atoms with Crippen molar-refractivity contribution in [1.29, 1.82) is 0 Å². The normalized spacial score (nSPS) is 32.5. The van der Waals surface area contributed by atoms with Crippen molar-refractivity contribution in [3.8, 4) is 11.5 Å². The summed E-state index contributed by atoms with van der Waals surface area (Å²) in [6, 6.07) is 6.03. The Hall–Kier alpha value is -2.28. The number of esters is 1. The lowest BCUT2D eigenvalue weighted by molar-refractivity contribution is -0.175. The Morgan fingerprint density at radius 3 is 2.41 bits per heavy atom. The number of carbonyl (C=O) groups is 2. The molecule has 0 N–H and O–H groups in total. The van der Waals surface area contributed by atoms with Gasteiger partial charge in [0, 0.05) is 38.1 Å². The predicted octanol–water partition coefficient (Wildman–Crippen LogP) is 2.18. The summed E-state index contributed by atoms with van der Waals surface area (Å²) in [6.07, 6.45) is 1.34. The van der Waals surface area contributed by atoms with E-state index in [1.54, 1.807) is 0 Å². The zero-order valence-corrected chi connectivity index (χ0v) is 17.3. The smallest absolute Gasteiger partial charge is 0.313 e. The van der Waals surface area contributed by atoms with Gasteiger partial charge in [-0.1, -0.05) is 19.9 Å². The van der Waals surface area contributed by atoms with Gasteiger partial charge in [0.2, 0.25) is 6.79 Å². The molecule has 156 valence electrons. The molecular weight excluding hydrogens is 372 g/mol. The van der Waals surface area contributed by atoms with Gasteiger partial charge >= 0.3 is 5.97 Å². The van der Waals surface area contributed by atoms with E-state index in [-0.39, 0.29) is 18.7 Å². The molecule has 1 aromatic carbocycles. The average Bonchev–Trinajstić information content (AvgIpc) is 3.29. The van der Waals surface area contributed by atoms with Crippen molar-refractivity contribution < 1.29 is 23.8 Å². The number of carbonyl (C=O) groups excluding carboxylic acids is 2. The average molecular weight is 400 g/mol. The maximum absolute atomic E-state index is 13.5. The topological polar surface area (TPSA) is 68.3 Å². The zero-order valence-electron chi connectivity index (χ0n) is 17.3. The van der Waals surface area contributed by atoms with Crippen LogP contribution in [0.4, 0.5) is 0 Å². The van der Waals surface area contributed by atoms with Crippen LogP contribution in [0.3, 0.4) is 0 Å². The first kappa shape index (κ1) is 18.7. The summed E-state index contributed by atoms with van der Waals surface area (Å²) in [6.45, 7) is 9.94. The minimum atomic E-state index is -1.00. The molecule has 0 spiro atoms. The van der Waals surface area contributed by atoms with Crippen molar-refractivity contribution in [3.63, 3.8) is 0 Å². The molecule has 0 aromatic heterocycles. The molecule has 29 heavy (non-hydrogen) atoms. The number of hydrogen-bond acceptors (Lipinski definition) is 6. The predicted molar refractivity (Wildman–Crippen MR) is 104 cm³/mol. The number of amides is 1. The van der Waals surface area contributed by atoms with Crippen molar-refractivity contribution in [3.05, 3.63) is 23.8 Å². The Morgan fingerprint density at radius 2 is 1.76 bits per heavy atom. The number of hydrogen-bond donors (Lipinski definition) is 0. The van der Waals surface area contributed by atoms with Gasteiger partial charge in [0.1, 0.15) is 0 Å². The summed E-state index contributed by atoms with van der Waals surface area (Å²) in [4.78, 5) is 30.2. The summed E-state index contributed by atoms with van der Waals surface area (Å²) < 4.78 is 16.6. The molecule has 3 aliphatic heterocycles. The van der Waals surface area contributed by atoms with Gasteiger partial charge < -0.3 is 19.1 Å². The van der Waals surface area contributed by atoms with Crippen LogP contribution in [0.25, 0.3) is 0 Å². The van der Waals surface area contributed by atoms with Crippen molar-refractivity contribution in [2.24, 2.45) is 10.8 Å². The van der Waals surface area contributed by atoms with Gasteiger partial charge in [-0.2, -0.15) is 0 Å². The molecule has 1 aromatic rings. The number of rotatable bonds is 3. The van der Waals surface area contributed by atoms with E-state index in [2.05, 4.69) is 11.0 Å². The molecule has 2 saturated heterocycles. The van der Waals surface area contributed by atoms with E-state index in [4.69, 9.17) is 14.2 Å². The summed E-state index contributed by atoms with van der Waals surface area (Å²) in [5.74, 6) is 1.36. The van der Waals surface area contributed by atoms with Crippen LogP contribution < -0.4 is 9.47 Å². The molecule has 2 atom stereocenters. The first-order valence-corrected chi connectivity index (χ1v) is 10.4. The van der Waals surface area contributed by atoms with Crippen molar-refractivity contribution in [1.82, 2.24) is 9.80 Å². The highest BCUT2D eigenvalue weighted by Crippen LogP contribution is 2.66. The van der Waals surface area contributed by atoms with E-state index in [1.165, 1.54) is 5.56 Å². The zero-order chi connectivity index (χ0) is 20.4. The quantitative estimate of drug-likeness (QED) is 0.725. The van der Waals surface area contributed by atoms with Gasteiger partial charge in [-0.05, 0) is 37.5 Å². The van der Waals surface area contributed by atoms with Gasteiger partial charge in [0.05, 0.1) is 5.41 Å². The van der Waals surface area contributed by atoms with Gasteiger partial charge in [-0.3, -0.25) is 14.5 Å². The Balaban J connectivity index is 1.24. The van der Waals surface area contributed by atoms with E-state index in [9.17, 15) is 9.59 Å². The Bertz CT molecular complexity index is 876. The van der Waals surface area contributed by atoms with Gasteiger partial charge in [-0.25, -0.2) is 0 Å². The highest BCUT2D eigenvalue weighted by molar-refractivity contribution is 5.96. The van der Waals surface area contributed by atoms with E-state index < -0.39 is 16.4 Å². The second kappa shape index (κ2) is 6.11. The van der Waals surface area contributed by atoms with E-state index >= 15 is 0 Å². The lowest BCUT2D eigenvalue weighted by Crippen LogP contribution is -2.59. The summed E-state index contributed by atoms with van der Waals surface area (Å²) in [5, 5.41) is 0. The molecule has 3 fully saturated rings. The van der Waals surface area contributed by atoms with Gasteiger partial charge in [0.15, 0.2) is 17.1 Å². The van der Waals surface area contributed by atoms with E-state index in [0.29, 0.717) is 25.9 Å². The summed E-state index contributed by atoms with van der Waals surface area (Å²) >= 11 is 0. The molecule has 1 aliphatic carbocycles. The second-order valence-electron chi connectivity index (χ2n) is 9.43. The van der Waals surface area contributed by atoms with Crippen LogP contribution in [-0.2, 0) is 20.9 Å². The lowest BCUT2D eigenvalue weighted by atomic mass is 9.66. The molecule has 4 aliphatic rings. The van der Waals surface area contributed by atoms with Gasteiger partial charge in [-0.15, -0.1) is 0 Å². The lowest BCUT2D eigenvalue weighted by Gasteiger charge is -2.42. The number of nitrogens with zero attached hydrogens (tertiary/aromatic N) is 2. The van der Waals surface area contributed by atoms with Crippen LogP contribution in [0.15, 0.2) is 18.2 Å². The molecule has 5 rings (SSSR count). The summed E-state index contributed by atoms with van der Waals surface area (Å²) in [7, 11) is 0. The van der Waals surface area contributed by atoms with Crippen LogP contribution in [-0.4, -0.2) is 60.2 Å². The fourth-order valence-electron chi connectivity index (χ4n) is 5.38. The van der Waals surface area contributed by atoms with E-state index in [0.717, 1.165) is 31.1 Å². The largest absolute Gasteiger partial charge is 0.454 e. The molecule has 2 bridgehead atoms. The molecule has 7 heteroatoms. The molecule has 2 unspecified atom stereocenters. The molecule has 1 saturated carbocycles. The second-order valence-corrected chi connectivity index (χ2v) is 9.43. The van der Waals surface area contributed by atoms with Crippen LogP contribution in [0.1, 0.15) is 39.2 Å². The van der Waals surface area contributed by atoms with Gasteiger partial charge in [0.25, 0.3) is 5.91 Å². The molecule has 0 radical (unpaired) electrons. The van der Waals surface area contributed by atoms with Crippen LogP contribution in [0.5, 0.6) is 11.5 Å². The van der Waals surface area contributed by atoms with Crippen LogP contribution in [0.2, 0.25) is 0 Å². The Labute approximate surface area is 170 Å². The maximum Gasteiger partial charge on any atom is 0.313 e. The van der Waals surface area contributed by atoms with Crippen molar-refractivity contribution in [2.75, 3.05) is 33.0 Å². The first-order chi connectivity index (χ1) is 13.8. The highest BCUT2D eigenvalue weighted by atomic mass is 16.7. The fraction of sp³-hybridized carbons (Fsp3) is 0.636. The molecular formula is C22H28N2O5. The summed E-state index contributed by atoms with van der Waals surface area (Å²) in [5.41, 5.74) is -0.884. The molecule has 3 heterocycles. The monoisotopic (exact) mass is 400 g/mol. The van der Waals surface area contributed by atoms with E-state index in [1.807, 2.05) is 37.8 Å². The Morgan fingerprint density at radius 1 is 1.03 bits per heavy atom. The highest BCUT2D eigenvalue weighted by Gasteiger charge is 2.76. The number of ether oxygens (including phenoxy) is 3. The standard InChI is InChI=1S/C22H28N2O5/c1-20(2)21(3)6-7-22(20,29-19(21)26)18(25)24-10-8-23(9-11-24)13-15-4-5-16-17(12-15)28-14-27-16/h4-5,12H,6-11,13-14H2,1-3H3. The first-order valence-electron chi connectivity index (χ1n) is 10.4. The van der Waals surface area contributed by atoms with Crippen LogP contribution >= 0.6 is 0 Å². The third-order valence-corrected chi connectivity index (χ3v) is 7.93. The molecule has 7 nitrogen and oxygen atoms in total. The number of fused-ring (bicyclic) bond motifs is 3. The Kier molecular flexibility index (Phi) is 3.95. The number of piperazine rings is 1.